The summed E-state index contributed by atoms with van der Waals surface area (Å²) in [5, 5.41) is 3.69. The molecule has 2 aromatic carbocycles. The molecule has 0 spiro atoms. The Kier molecular flexibility index (Phi) is 4.18. The molecule has 0 saturated heterocycles. The second-order valence-corrected chi connectivity index (χ2v) is 8.00. The quantitative estimate of drug-likeness (QED) is 0.726. The van der Waals surface area contributed by atoms with Gasteiger partial charge in [-0.2, -0.15) is 0 Å². The van der Waals surface area contributed by atoms with Gasteiger partial charge in [0.2, 0.25) is 10.0 Å². The third-order valence-corrected chi connectivity index (χ3v) is 5.69. The van der Waals surface area contributed by atoms with Gasteiger partial charge >= 0.3 is 0 Å². The molecule has 1 aromatic heterocycles. The lowest BCUT2D eigenvalue weighted by molar-refractivity contribution is 0.102. The molecule has 2 N–H and O–H groups in total. The Balaban J connectivity index is 1.56. The Morgan fingerprint density at radius 3 is 2.69 bits per heavy atom. The van der Waals surface area contributed by atoms with Gasteiger partial charge in [-0.05, 0) is 49.2 Å². The molecule has 0 unspecified atom stereocenters. The Hall–Kier alpha value is -2.77. The first-order valence-corrected chi connectivity index (χ1v) is 9.78. The summed E-state index contributed by atoms with van der Waals surface area (Å²) < 4.78 is 27.2. The van der Waals surface area contributed by atoms with Crippen LogP contribution in [0.1, 0.15) is 23.2 Å². The van der Waals surface area contributed by atoms with E-state index in [1.54, 1.807) is 30.5 Å². The lowest BCUT2D eigenvalue weighted by Gasteiger charge is -2.09. The minimum atomic E-state index is -3.56. The number of aromatic nitrogens is 1. The predicted octanol–water partition coefficient (Wildman–Crippen LogP) is 2.93. The average molecular weight is 367 g/mol. The summed E-state index contributed by atoms with van der Waals surface area (Å²) in [4.78, 5) is 16.9. The van der Waals surface area contributed by atoms with Crippen LogP contribution in [0.15, 0.2) is 65.7 Å². The number of hydrogen-bond donors (Lipinski definition) is 2. The van der Waals surface area contributed by atoms with Crippen LogP contribution in [0.3, 0.4) is 0 Å². The van der Waals surface area contributed by atoms with Crippen molar-refractivity contribution >= 4 is 32.5 Å². The van der Waals surface area contributed by atoms with Crippen molar-refractivity contribution in [3.8, 4) is 0 Å². The van der Waals surface area contributed by atoms with E-state index in [0.717, 1.165) is 23.7 Å². The van der Waals surface area contributed by atoms with Gasteiger partial charge < -0.3 is 5.32 Å². The second-order valence-electron chi connectivity index (χ2n) is 6.29. The van der Waals surface area contributed by atoms with Crippen LogP contribution in [-0.2, 0) is 10.0 Å². The van der Waals surface area contributed by atoms with Crippen molar-refractivity contribution in [2.75, 3.05) is 5.32 Å². The third-order valence-electron chi connectivity index (χ3n) is 4.17. The maximum atomic E-state index is 12.5. The van der Waals surface area contributed by atoms with Crippen molar-refractivity contribution < 1.29 is 13.2 Å². The lowest BCUT2D eigenvalue weighted by atomic mass is 10.1. The molecular weight excluding hydrogens is 350 g/mol. The van der Waals surface area contributed by atoms with Gasteiger partial charge in [0.05, 0.1) is 10.4 Å². The zero-order valence-corrected chi connectivity index (χ0v) is 14.7. The number of carbonyl (C=O) groups excluding carboxylic acids is 1. The van der Waals surface area contributed by atoms with Gasteiger partial charge in [0.1, 0.15) is 0 Å². The third kappa shape index (κ3) is 3.58. The molecule has 3 aromatic rings. The van der Waals surface area contributed by atoms with Crippen molar-refractivity contribution in [2.24, 2.45) is 0 Å². The molecule has 1 heterocycles. The summed E-state index contributed by atoms with van der Waals surface area (Å²) in [6.45, 7) is 0. The highest BCUT2D eigenvalue weighted by Crippen LogP contribution is 2.23. The van der Waals surface area contributed by atoms with E-state index in [4.69, 9.17) is 0 Å². The van der Waals surface area contributed by atoms with Gasteiger partial charge in [-0.1, -0.05) is 18.2 Å². The first kappa shape index (κ1) is 16.7. The number of rotatable bonds is 5. The fourth-order valence-corrected chi connectivity index (χ4v) is 3.99. The molecule has 0 radical (unpaired) electrons. The summed E-state index contributed by atoms with van der Waals surface area (Å²) >= 11 is 0. The Morgan fingerprint density at radius 1 is 1.04 bits per heavy atom. The predicted molar refractivity (Wildman–Crippen MR) is 99.5 cm³/mol. The van der Waals surface area contributed by atoms with Gasteiger partial charge in [0, 0.05) is 28.9 Å². The molecule has 6 nitrogen and oxygen atoms in total. The fourth-order valence-electron chi connectivity index (χ4n) is 2.64. The number of nitrogens with one attached hydrogen (secondary N) is 2. The second kappa shape index (κ2) is 6.51. The Bertz CT molecular complexity index is 1090. The van der Waals surface area contributed by atoms with E-state index >= 15 is 0 Å². The van der Waals surface area contributed by atoms with Crippen LogP contribution in [0.5, 0.6) is 0 Å². The molecule has 1 aliphatic rings. The minimum Gasteiger partial charge on any atom is -0.322 e. The molecule has 0 aliphatic heterocycles. The SMILES string of the molecule is O=C(Nc1cccc(S(=O)(=O)NC2CC2)c1)c1ccc2cccnc2c1. The molecule has 7 heteroatoms. The smallest absolute Gasteiger partial charge is 0.255 e. The first-order chi connectivity index (χ1) is 12.5. The molecule has 1 fully saturated rings. The number of fused-ring (bicyclic) bond motifs is 1. The van der Waals surface area contributed by atoms with E-state index in [1.807, 2.05) is 18.2 Å². The molecule has 0 bridgehead atoms. The number of nitrogens with zero attached hydrogens (tertiary/aromatic N) is 1. The number of hydrogen-bond acceptors (Lipinski definition) is 4. The lowest BCUT2D eigenvalue weighted by Crippen LogP contribution is -2.25. The summed E-state index contributed by atoms with van der Waals surface area (Å²) in [6.07, 6.45) is 3.41. The zero-order chi connectivity index (χ0) is 18.1. The first-order valence-electron chi connectivity index (χ1n) is 8.30. The number of anilines is 1. The molecule has 4 rings (SSSR count). The van der Waals surface area contributed by atoms with Crippen LogP contribution in [-0.4, -0.2) is 25.4 Å². The van der Waals surface area contributed by atoms with E-state index in [1.165, 1.54) is 12.1 Å². The van der Waals surface area contributed by atoms with Gasteiger partial charge in [-0.25, -0.2) is 13.1 Å². The highest BCUT2D eigenvalue weighted by molar-refractivity contribution is 7.89. The summed E-state index contributed by atoms with van der Waals surface area (Å²) in [7, 11) is -3.56. The Labute approximate surface area is 151 Å². The molecule has 1 saturated carbocycles. The molecule has 1 amide bonds. The maximum absolute atomic E-state index is 12.5. The highest BCUT2D eigenvalue weighted by Gasteiger charge is 2.28. The average Bonchev–Trinajstić information content (AvgIpc) is 3.45. The van der Waals surface area contributed by atoms with Crippen molar-refractivity contribution in [3.63, 3.8) is 0 Å². The number of carbonyl (C=O) groups is 1. The number of sulfonamides is 1. The minimum absolute atomic E-state index is 0.0309. The van der Waals surface area contributed by atoms with Crippen LogP contribution >= 0.6 is 0 Å². The van der Waals surface area contributed by atoms with Crippen molar-refractivity contribution in [2.45, 2.75) is 23.8 Å². The van der Waals surface area contributed by atoms with Crippen LogP contribution in [0.2, 0.25) is 0 Å². The van der Waals surface area contributed by atoms with E-state index in [0.29, 0.717) is 11.3 Å². The van der Waals surface area contributed by atoms with E-state index in [9.17, 15) is 13.2 Å². The van der Waals surface area contributed by atoms with E-state index < -0.39 is 10.0 Å². The summed E-state index contributed by atoms with van der Waals surface area (Å²) in [6, 6.07) is 15.3. The highest BCUT2D eigenvalue weighted by atomic mass is 32.2. The summed E-state index contributed by atoms with van der Waals surface area (Å²) in [5.74, 6) is -0.317. The number of benzene rings is 2. The van der Waals surface area contributed by atoms with Crippen molar-refractivity contribution in [1.29, 1.82) is 0 Å². The van der Waals surface area contributed by atoms with Crippen molar-refractivity contribution in [1.82, 2.24) is 9.71 Å². The van der Waals surface area contributed by atoms with Crippen LogP contribution in [0, 0.1) is 0 Å². The standard InChI is InChI=1S/C19H17N3O3S/c23-19(14-7-6-13-3-2-10-20-18(13)11-14)21-16-4-1-5-17(12-16)26(24,25)22-15-8-9-15/h1-7,10-12,15,22H,8-9H2,(H,21,23). The normalized spacial score (nSPS) is 14.3. The molecule has 1 aliphatic carbocycles. The monoisotopic (exact) mass is 367 g/mol. The number of pyridine rings is 1. The van der Waals surface area contributed by atoms with E-state index in [2.05, 4.69) is 15.0 Å². The number of amides is 1. The van der Waals surface area contributed by atoms with Crippen molar-refractivity contribution in [3.05, 3.63) is 66.4 Å². The zero-order valence-electron chi connectivity index (χ0n) is 13.8. The maximum Gasteiger partial charge on any atom is 0.255 e. The fraction of sp³-hybridized carbons (Fsp3) is 0.158. The topological polar surface area (TPSA) is 88.2 Å². The molecule has 0 atom stereocenters. The van der Waals surface area contributed by atoms with Crippen LogP contribution in [0.25, 0.3) is 10.9 Å². The van der Waals surface area contributed by atoms with Gasteiger partial charge in [-0.3, -0.25) is 9.78 Å². The molecule has 26 heavy (non-hydrogen) atoms. The Morgan fingerprint density at radius 2 is 1.88 bits per heavy atom. The molecular formula is C19H17N3O3S. The largest absolute Gasteiger partial charge is 0.322 e. The molecule has 132 valence electrons. The van der Waals surface area contributed by atoms with E-state index in [-0.39, 0.29) is 16.8 Å². The summed E-state index contributed by atoms with van der Waals surface area (Å²) in [5.41, 5.74) is 1.61. The van der Waals surface area contributed by atoms with Crippen LogP contribution < -0.4 is 10.0 Å². The van der Waals surface area contributed by atoms with Gasteiger partial charge in [-0.15, -0.1) is 0 Å². The van der Waals surface area contributed by atoms with Gasteiger partial charge in [0.15, 0.2) is 0 Å². The van der Waals surface area contributed by atoms with Gasteiger partial charge in [0.25, 0.3) is 5.91 Å². The van der Waals surface area contributed by atoms with Crippen LogP contribution in [0.4, 0.5) is 5.69 Å².